The summed E-state index contributed by atoms with van der Waals surface area (Å²) in [5, 5.41) is 0. The van der Waals surface area contributed by atoms with Gasteiger partial charge in [0.1, 0.15) is 11.2 Å². The third-order valence-corrected chi connectivity index (χ3v) is 16.1. The summed E-state index contributed by atoms with van der Waals surface area (Å²) in [5.41, 5.74) is 10.8. The fraction of sp³-hybridized carbons (Fsp3) is 0.689. The molecule has 0 aromatic heterocycles. The van der Waals surface area contributed by atoms with Crippen LogP contribution in [0.15, 0.2) is 53.0 Å². The Morgan fingerprint density at radius 1 is 0.981 bits per heavy atom. The molecule has 11 atom stereocenters. The molecule has 0 radical (unpaired) electrons. The Kier molecular flexibility index (Phi) is 7.80. The van der Waals surface area contributed by atoms with Gasteiger partial charge in [-0.1, -0.05) is 69.0 Å². The number of aryl methyl sites for hydroxylation is 1. The van der Waals surface area contributed by atoms with E-state index < -0.39 is 16.4 Å². The molecule has 12 aliphatic rings. The Morgan fingerprint density at radius 2 is 1.79 bits per heavy atom. The summed E-state index contributed by atoms with van der Waals surface area (Å²) in [6, 6.07) is 6.78. The number of nitrogens with two attached hydrogens (primary N) is 1. The van der Waals surface area contributed by atoms with Gasteiger partial charge in [0.2, 0.25) is 0 Å². The largest absolute Gasteiger partial charge is 0.449 e. The molecule has 7 nitrogen and oxygen atoms in total. The molecule has 1 aromatic rings. The molecule has 4 fully saturated rings. The molecule has 10 bridgehead atoms. The maximum atomic E-state index is 15.3. The lowest BCUT2D eigenvalue weighted by Crippen LogP contribution is -2.77. The van der Waals surface area contributed by atoms with E-state index in [1.165, 1.54) is 12.0 Å². The van der Waals surface area contributed by atoms with Crippen molar-refractivity contribution in [3.63, 3.8) is 0 Å². The number of carbonyl (C=O) groups is 2. The average molecular weight is 706 g/mol. The molecule has 0 amide bonds. The quantitative estimate of drug-likeness (QED) is 0.231. The normalized spacial score (nSPS) is 43.3. The number of carbonyl (C=O) groups excluding carboxylic acids is 2. The number of rotatable bonds is 7. The molecule has 2 spiro atoms. The number of benzene rings is 1. The van der Waals surface area contributed by atoms with Crippen molar-refractivity contribution in [2.45, 2.75) is 116 Å². The Bertz CT molecular complexity index is 1780. The second-order valence-corrected chi connectivity index (χ2v) is 18.4. The molecule has 4 aliphatic carbocycles. The van der Waals surface area contributed by atoms with Crippen LogP contribution in [-0.4, -0.2) is 60.5 Å². The topological polar surface area (TPSA) is 85.1 Å². The van der Waals surface area contributed by atoms with E-state index in [4.69, 9.17) is 15.2 Å². The Hall–Kier alpha value is -2.90. The molecule has 52 heavy (non-hydrogen) atoms. The zero-order valence-corrected chi connectivity index (χ0v) is 31.8. The van der Waals surface area contributed by atoms with Gasteiger partial charge in [-0.3, -0.25) is 9.69 Å². The number of hydrogen-bond acceptors (Lipinski definition) is 7. The zero-order valence-electron chi connectivity index (χ0n) is 31.8. The van der Waals surface area contributed by atoms with Crippen LogP contribution in [0.25, 0.3) is 0 Å². The van der Waals surface area contributed by atoms with Crippen LogP contribution in [0.5, 0.6) is 0 Å². The van der Waals surface area contributed by atoms with Gasteiger partial charge in [0.15, 0.2) is 5.60 Å². The SMILES string of the molecule is CCC[C@@H]1C/C=C2/OC(=O)[C@@]34C5=C(CC[C@@]23[C@]2(OC(=O)c3c(CCCN)cccc32)[C@H]4CCC)[C@@H]2C(=CC[C@@H](C)[C@@H]2CC5)N2C[C@H]3C[C@@H](C2)CN1C3. The van der Waals surface area contributed by atoms with Gasteiger partial charge < -0.3 is 20.1 Å². The van der Waals surface area contributed by atoms with Gasteiger partial charge in [-0.05, 0) is 112 Å². The molecule has 3 saturated heterocycles. The van der Waals surface area contributed by atoms with E-state index in [0.29, 0.717) is 42.2 Å². The van der Waals surface area contributed by atoms with Gasteiger partial charge >= 0.3 is 11.9 Å². The fourth-order valence-electron chi connectivity index (χ4n) is 14.5. The summed E-state index contributed by atoms with van der Waals surface area (Å²) in [6.07, 6.45) is 17.7. The summed E-state index contributed by atoms with van der Waals surface area (Å²) in [6.45, 7) is 12.2. The van der Waals surface area contributed by atoms with Crippen molar-refractivity contribution >= 4 is 11.9 Å². The van der Waals surface area contributed by atoms with Crippen LogP contribution in [0.2, 0.25) is 0 Å². The number of esters is 2. The highest BCUT2D eigenvalue weighted by Crippen LogP contribution is 2.87. The molecule has 8 aliphatic heterocycles. The van der Waals surface area contributed by atoms with Crippen molar-refractivity contribution in [2.24, 2.45) is 52.1 Å². The van der Waals surface area contributed by atoms with Gasteiger partial charge in [0.25, 0.3) is 0 Å². The number of piperidine rings is 2. The summed E-state index contributed by atoms with van der Waals surface area (Å²) in [7, 11) is 0. The number of ether oxygens (including phenoxy) is 2. The second-order valence-electron chi connectivity index (χ2n) is 18.4. The predicted molar refractivity (Wildman–Crippen MR) is 201 cm³/mol. The first-order valence-electron chi connectivity index (χ1n) is 21.2. The molecule has 1 saturated carbocycles. The minimum atomic E-state index is -0.921. The molecule has 8 heterocycles. The molecule has 2 N–H and O–H groups in total. The Labute approximate surface area is 310 Å². The maximum absolute atomic E-state index is 15.3. The fourth-order valence-corrected chi connectivity index (χ4v) is 14.5. The summed E-state index contributed by atoms with van der Waals surface area (Å²) in [4.78, 5) is 35.4. The second kappa shape index (κ2) is 12.1. The third kappa shape index (κ3) is 4.06. The Balaban J connectivity index is 1.23. The number of hydrogen-bond donors (Lipinski definition) is 1. The van der Waals surface area contributed by atoms with Crippen LogP contribution in [0.4, 0.5) is 0 Å². The Morgan fingerprint density at radius 3 is 2.56 bits per heavy atom. The maximum Gasteiger partial charge on any atom is 0.339 e. The molecular weight excluding hydrogens is 647 g/mol. The van der Waals surface area contributed by atoms with E-state index in [2.05, 4.69) is 60.9 Å². The predicted octanol–water partition coefficient (Wildman–Crippen LogP) is 7.65. The molecule has 13 rings (SSSR count). The van der Waals surface area contributed by atoms with Crippen LogP contribution in [0, 0.1) is 46.3 Å². The average Bonchev–Trinajstić information content (AvgIpc) is 3.59. The lowest BCUT2D eigenvalue weighted by Gasteiger charge is -2.71. The van der Waals surface area contributed by atoms with Crippen molar-refractivity contribution in [2.75, 3.05) is 32.7 Å². The smallest absolute Gasteiger partial charge is 0.339 e. The van der Waals surface area contributed by atoms with Crippen molar-refractivity contribution in [3.8, 4) is 0 Å². The minimum Gasteiger partial charge on any atom is -0.449 e. The van der Waals surface area contributed by atoms with Crippen molar-refractivity contribution in [3.05, 3.63) is 69.6 Å². The van der Waals surface area contributed by atoms with Crippen molar-refractivity contribution < 1.29 is 19.1 Å². The first-order valence-corrected chi connectivity index (χ1v) is 21.2. The number of allylic oxidation sites excluding steroid dienone is 2. The van der Waals surface area contributed by atoms with E-state index in [1.807, 2.05) is 0 Å². The lowest BCUT2D eigenvalue weighted by atomic mass is 9.28. The van der Waals surface area contributed by atoms with Crippen molar-refractivity contribution in [1.82, 2.24) is 9.80 Å². The summed E-state index contributed by atoms with van der Waals surface area (Å²) < 4.78 is 13.9. The molecule has 7 heteroatoms. The van der Waals surface area contributed by atoms with Crippen LogP contribution >= 0.6 is 0 Å². The van der Waals surface area contributed by atoms with Gasteiger partial charge in [-0.25, -0.2) is 4.79 Å². The van der Waals surface area contributed by atoms with E-state index in [0.717, 1.165) is 126 Å². The van der Waals surface area contributed by atoms with Crippen molar-refractivity contribution in [1.29, 1.82) is 0 Å². The van der Waals surface area contributed by atoms with Crippen LogP contribution < -0.4 is 5.73 Å². The van der Waals surface area contributed by atoms with E-state index in [-0.39, 0.29) is 17.9 Å². The lowest BCUT2D eigenvalue weighted by molar-refractivity contribution is -0.277. The van der Waals surface area contributed by atoms with Crippen LogP contribution in [0.1, 0.15) is 119 Å². The number of nitrogens with zero attached hydrogens (tertiary/aromatic N) is 2. The molecule has 278 valence electrons. The van der Waals surface area contributed by atoms with E-state index >= 15 is 4.79 Å². The highest BCUT2D eigenvalue weighted by molar-refractivity contribution is 6.00. The zero-order chi connectivity index (χ0) is 35.6. The molecule has 1 aromatic carbocycles. The number of fused-ring (bicyclic) bond motifs is 2. The third-order valence-electron chi connectivity index (χ3n) is 16.1. The van der Waals surface area contributed by atoms with Crippen LogP contribution in [-0.2, 0) is 26.3 Å². The highest BCUT2D eigenvalue weighted by atomic mass is 16.6. The van der Waals surface area contributed by atoms with E-state index in [9.17, 15) is 4.79 Å². The standard InChI is InChI=1S/C45H59N3O4/c1-4-8-31-14-18-38-43-20-19-33-34(16-15-32-27(3)13-17-36(40(32)33)48-25-28-22-29(26-48)24-47(31)23-28)44(43,42(50)51-38)37(9-5-2)45(43)35-12-6-10-30(11-7-21-46)39(35)41(49)52-45/h6,10,12,17-18,27-29,31-32,37,40H,4-5,7-9,11,13-16,19-26,46H2,1-3H3/b38-18+/t27-,28-,29+,31-,32+,37+,40-,43-,44+,45-/m1/s1. The highest BCUT2D eigenvalue weighted by Gasteiger charge is 2.92. The van der Waals surface area contributed by atoms with Gasteiger partial charge in [-0.2, -0.15) is 0 Å². The first-order chi connectivity index (χ1) is 25.3. The molecule has 1 unspecified atom stereocenters. The van der Waals surface area contributed by atoms with Gasteiger partial charge in [-0.15, -0.1) is 0 Å². The summed E-state index contributed by atoms with van der Waals surface area (Å²) >= 11 is 0. The molecular formula is C45H59N3O4. The monoisotopic (exact) mass is 705 g/mol. The minimum absolute atomic E-state index is 0.0622. The first kappa shape index (κ1) is 33.7. The van der Waals surface area contributed by atoms with Gasteiger partial charge in [0.05, 0.1) is 11.0 Å². The van der Waals surface area contributed by atoms with Gasteiger partial charge in [0, 0.05) is 55.3 Å². The van der Waals surface area contributed by atoms with E-state index in [1.54, 1.807) is 11.3 Å². The van der Waals surface area contributed by atoms with Crippen LogP contribution in [0.3, 0.4) is 0 Å². The summed E-state index contributed by atoms with van der Waals surface area (Å²) in [5.74, 6) is 3.36.